The van der Waals surface area contributed by atoms with E-state index < -0.39 is 11.9 Å². The largest absolute Gasteiger partial charge is 0.508 e. The van der Waals surface area contributed by atoms with Crippen LogP contribution in [0.4, 0.5) is 10.1 Å². The number of rotatable bonds is 6. The van der Waals surface area contributed by atoms with Crippen LogP contribution in [-0.2, 0) is 27.3 Å². The van der Waals surface area contributed by atoms with Crippen molar-refractivity contribution in [3.8, 4) is 5.75 Å². The van der Waals surface area contributed by atoms with Crippen LogP contribution < -0.4 is 5.32 Å². The van der Waals surface area contributed by atoms with Crippen LogP contribution in [0.5, 0.6) is 5.75 Å². The number of hydrogen-bond donors (Lipinski definition) is 2. The van der Waals surface area contributed by atoms with Gasteiger partial charge in [-0.25, -0.2) is 9.18 Å². The first-order chi connectivity index (χ1) is 16.4. The highest BCUT2D eigenvalue weighted by Crippen LogP contribution is 2.29. The number of anilines is 1. The number of amides is 1. The van der Waals surface area contributed by atoms with Crippen molar-refractivity contribution in [1.82, 2.24) is 4.57 Å². The summed E-state index contributed by atoms with van der Waals surface area (Å²) in [5.74, 6) is -1.85. The highest BCUT2D eigenvalue weighted by molar-refractivity contribution is 6.38. The second-order valence-electron chi connectivity index (χ2n) is 8.08. The van der Waals surface area contributed by atoms with E-state index in [2.05, 4.69) is 9.88 Å². The van der Waals surface area contributed by atoms with Crippen LogP contribution >= 0.6 is 0 Å². The van der Waals surface area contributed by atoms with Crippen LogP contribution in [0.15, 0.2) is 66.9 Å². The Morgan fingerprint density at radius 3 is 2.50 bits per heavy atom. The third-order valence-electron chi connectivity index (χ3n) is 5.64. The van der Waals surface area contributed by atoms with E-state index in [9.17, 15) is 19.1 Å². The summed E-state index contributed by atoms with van der Waals surface area (Å²) in [7, 11) is 0. The minimum absolute atomic E-state index is 0.127. The molecule has 1 amide bonds. The molecule has 1 heterocycles. The number of nitrogens with zero attached hydrogens (tertiary/aromatic N) is 1. The number of benzene rings is 3. The second-order valence-corrected chi connectivity index (χ2v) is 8.08. The number of ether oxygens (including phenoxy) is 1. The van der Waals surface area contributed by atoms with E-state index in [4.69, 9.17) is 4.74 Å². The van der Waals surface area contributed by atoms with Crippen molar-refractivity contribution in [3.05, 3.63) is 94.9 Å². The van der Waals surface area contributed by atoms with Gasteiger partial charge < -0.3 is 19.7 Å². The topological polar surface area (TPSA) is 80.6 Å². The van der Waals surface area contributed by atoms with Gasteiger partial charge in [0.25, 0.3) is 0 Å². The Labute approximate surface area is 196 Å². The number of aromatic nitrogens is 1. The zero-order valence-electron chi connectivity index (χ0n) is 19.0. The number of phenolic OH excluding ortho intramolecular Hbond substituents is 1. The van der Waals surface area contributed by atoms with Crippen molar-refractivity contribution in [2.45, 2.75) is 26.8 Å². The van der Waals surface area contributed by atoms with E-state index in [0.717, 1.165) is 33.2 Å². The third-order valence-corrected chi connectivity index (χ3v) is 5.64. The van der Waals surface area contributed by atoms with E-state index in [1.807, 2.05) is 37.4 Å². The van der Waals surface area contributed by atoms with E-state index in [1.165, 1.54) is 12.1 Å². The van der Waals surface area contributed by atoms with Gasteiger partial charge in [0.05, 0.1) is 17.8 Å². The number of fused-ring (bicyclic) bond motifs is 1. The van der Waals surface area contributed by atoms with Crippen LogP contribution in [0.3, 0.4) is 0 Å². The molecule has 0 saturated heterocycles. The van der Waals surface area contributed by atoms with Crippen LogP contribution in [-0.4, -0.2) is 28.2 Å². The van der Waals surface area contributed by atoms with Crippen molar-refractivity contribution in [2.75, 3.05) is 11.9 Å². The normalized spacial score (nSPS) is 10.9. The van der Waals surface area contributed by atoms with Gasteiger partial charge in [0, 0.05) is 24.5 Å². The van der Waals surface area contributed by atoms with Gasteiger partial charge in [-0.1, -0.05) is 24.3 Å². The Morgan fingerprint density at radius 2 is 1.76 bits per heavy atom. The number of hydrogen-bond acceptors (Lipinski definition) is 4. The molecule has 0 aliphatic heterocycles. The molecule has 0 unspecified atom stereocenters. The van der Waals surface area contributed by atoms with Gasteiger partial charge in [0.15, 0.2) is 0 Å². The Kier molecular flexibility index (Phi) is 6.63. The van der Waals surface area contributed by atoms with Gasteiger partial charge in [0.2, 0.25) is 0 Å². The monoisotopic (exact) mass is 460 g/mol. The quantitative estimate of drug-likeness (QED) is 0.316. The van der Waals surface area contributed by atoms with Crippen LogP contribution in [0.1, 0.15) is 29.2 Å². The summed E-state index contributed by atoms with van der Waals surface area (Å²) in [5.41, 5.74) is 5.10. The Balaban J connectivity index is 1.61. The van der Waals surface area contributed by atoms with E-state index in [1.54, 1.807) is 31.2 Å². The molecule has 0 saturated carbocycles. The molecule has 0 atom stereocenters. The first-order valence-corrected chi connectivity index (χ1v) is 11.0. The molecule has 0 spiro atoms. The highest BCUT2D eigenvalue weighted by atomic mass is 19.1. The minimum atomic E-state index is -0.923. The molecule has 2 N–H and O–H groups in total. The summed E-state index contributed by atoms with van der Waals surface area (Å²) in [6, 6.07) is 17.2. The molecule has 0 radical (unpaired) electrons. The number of esters is 1. The zero-order valence-corrected chi connectivity index (χ0v) is 19.0. The van der Waals surface area contributed by atoms with Gasteiger partial charge in [-0.15, -0.1) is 0 Å². The standard InChI is InChI=1S/C27H25FN2O4/c1-3-34-27(33)26(32)29-23-10-4-17(2)25-22(23)12-13-30(25)16-19-7-11-24(31)20(15-19)14-18-5-8-21(28)9-6-18/h4-13,15,31H,3,14,16H2,1-2H3,(H,29,32). The summed E-state index contributed by atoms with van der Waals surface area (Å²) in [6.07, 6.45) is 2.40. The fraction of sp³-hybridized carbons (Fsp3) is 0.185. The lowest BCUT2D eigenvalue weighted by Crippen LogP contribution is -2.25. The lowest BCUT2D eigenvalue weighted by Gasteiger charge is -2.13. The predicted octanol–water partition coefficient (Wildman–Crippen LogP) is 4.94. The number of carbonyl (C=O) groups excluding carboxylic acids is 2. The molecule has 1 aromatic heterocycles. The molecular weight excluding hydrogens is 435 g/mol. The maximum absolute atomic E-state index is 13.2. The molecule has 3 aromatic carbocycles. The molecule has 0 fully saturated rings. The number of aromatic hydroxyl groups is 1. The van der Waals surface area contributed by atoms with Crippen LogP contribution in [0.25, 0.3) is 10.9 Å². The van der Waals surface area contributed by atoms with Crippen molar-refractivity contribution in [1.29, 1.82) is 0 Å². The second kappa shape index (κ2) is 9.79. The summed E-state index contributed by atoms with van der Waals surface area (Å²) in [4.78, 5) is 23.9. The Bertz CT molecular complexity index is 1360. The third kappa shape index (κ3) is 4.93. The van der Waals surface area contributed by atoms with Crippen LogP contribution in [0, 0.1) is 12.7 Å². The number of phenols is 1. The molecule has 4 rings (SSSR count). The number of carbonyl (C=O) groups is 2. The lowest BCUT2D eigenvalue weighted by molar-refractivity contribution is -0.152. The summed E-state index contributed by atoms with van der Waals surface area (Å²) >= 11 is 0. The molecule has 0 aliphatic carbocycles. The van der Waals surface area contributed by atoms with Crippen LogP contribution in [0.2, 0.25) is 0 Å². The van der Waals surface area contributed by atoms with E-state index >= 15 is 0 Å². The molecule has 0 aliphatic rings. The average Bonchev–Trinajstić information content (AvgIpc) is 3.24. The summed E-state index contributed by atoms with van der Waals surface area (Å²) < 4.78 is 20.0. The minimum Gasteiger partial charge on any atom is -0.508 e. The summed E-state index contributed by atoms with van der Waals surface area (Å²) in [6.45, 7) is 4.29. The smallest absolute Gasteiger partial charge is 0.397 e. The number of nitrogens with one attached hydrogen (secondary N) is 1. The van der Waals surface area contributed by atoms with Gasteiger partial charge in [0.1, 0.15) is 11.6 Å². The van der Waals surface area contributed by atoms with Crippen molar-refractivity contribution < 1.29 is 23.8 Å². The first kappa shape index (κ1) is 23.0. The molecule has 0 bridgehead atoms. The summed E-state index contributed by atoms with van der Waals surface area (Å²) in [5, 5.41) is 13.8. The van der Waals surface area contributed by atoms with Crippen molar-refractivity contribution >= 4 is 28.5 Å². The van der Waals surface area contributed by atoms with E-state index in [0.29, 0.717) is 18.7 Å². The molecule has 4 aromatic rings. The van der Waals surface area contributed by atoms with Crippen molar-refractivity contribution in [2.24, 2.45) is 0 Å². The predicted molar refractivity (Wildman–Crippen MR) is 128 cm³/mol. The Morgan fingerprint density at radius 1 is 1.03 bits per heavy atom. The molecule has 7 heteroatoms. The van der Waals surface area contributed by atoms with Gasteiger partial charge in [-0.2, -0.15) is 0 Å². The fourth-order valence-corrected chi connectivity index (χ4v) is 4.01. The maximum Gasteiger partial charge on any atom is 0.397 e. The zero-order chi connectivity index (χ0) is 24.2. The number of halogens is 1. The first-order valence-electron chi connectivity index (χ1n) is 11.0. The molecule has 34 heavy (non-hydrogen) atoms. The Hall–Kier alpha value is -4.13. The SMILES string of the molecule is CCOC(=O)C(=O)Nc1ccc(C)c2c1ccn2Cc1ccc(O)c(Cc2ccc(F)cc2)c1. The average molecular weight is 461 g/mol. The lowest BCUT2D eigenvalue weighted by atomic mass is 10.0. The van der Waals surface area contributed by atoms with E-state index in [-0.39, 0.29) is 18.2 Å². The highest BCUT2D eigenvalue weighted by Gasteiger charge is 2.17. The van der Waals surface area contributed by atoms with Crippen molar-refractivity contribution in [3.63, 3.8) is 0 Å². The molecule has 174 valence electrons. The molecule has 6 nitrogen and oxygen atoms in total. The number of aryl methyl sites for hydroxylation is 1. The maximum atomic E-state index is 13.2. The van der Waals surface area contributed by atoms with Gasteiger partial charge >= 0.3 is 11.9 Å². The fourth-order valence-electron chi connectivity index (χ4n) is 4.01. The molecular formula is C27H25FN2O4. The van der Waals surface area contributed by atoms with Gasteiger partial charge in [-0.05, 0) is 72.5 Å². The van der Waals surface area contributed by atoms with Gasteiger partial charge in [-0.3, -0.25) is 4.79 Å².